The maximum atomic E-state index is 10.8. The molecule has 0 aromatic heterocycles. The lowest BCUT2D eigenvalue weighted by Gasteiger charge is -2.18. The molecule has 12 heavy (non-hydrogen) atoms. The molecule has 0 aliphatic carbocycles. The molecule has 0 aromatic rings. The summed E-state index contributed by atoms with van der Waals surface area (Å²) in [5.74, 6) is -0.0404. The van der Waals surface area contributed by atoms with Gasteiger partial charge in [-0.25, -0.2) is 4.79 Å². The van der Waals surface area contributed by atoms with Gasteiger partial charge in [0, 0.05) is 12.5 Å². The Labute approximate surface area is 70.8 Å². The molecule has 4 heteroatoms. The number of ether oxygens (including phenoxy) is 2. The molecule has 4 nitrogen and oxygen atoms in total. The summed E-state index contributed by atoms with van der Waals surface area (Å²) in [6, 6.07) is 0. The molecule has 1 aliphatic rings. The van der Waals surface area contributed by atoms with Crippen LogP contribution in [-0.4, -0.2) is 30.9 Å². The number of aliphatic hydroxyl groups is 1. The van der Waals surface area contributed by atoms with Crippen molar-refractivity contribution in [1.82, 2.24) is 0 Å². The van der Waals surface area contributed by atoms with E-state index in [0.717, 1.165) is 0 Å². The van der Waals surface area contributed by atoms with E-state index in [-0.39, 0.29) is 12.5 Å². The highest BCUT2D eigenvalue weighted by atomic mass is 16.6. The fourth-order valence-electron chi connectivity index (χ4n) is 1.08. The molecule has 0 spiro atoms. The molecule has 0 aromatic carbocycles. The number of carbonyl (C=O) groups is 1. The molecule has 1 N–H and O–H groups in total. The summed E-state index contributed by atoms with van der Waals surface area (Å²) in [6.07, 6.45) is 0.879. The SMILES string of the molecule is COC1=CC(=O)O[C@H]1[C@@H](C)CO. The Balaban J connectivity index is 2.68. The molecule has 0 fully saturated rings. The lowest BCUT2D eigenvalue weighted by atomic mass is 10.1. The Morgan fingerprint density at radius 1 is 1.83 bits per heavy atom. The van der Waals surface area contributed by atoms with Gasteiger partial charge in [-0.3, -0.25) is 0 Å². The van der Waals surface area contributed by atoms with Crippen molar-refractivity contribution >= 4 is 5.97 Å². The summed E-state index contributed by atoms with van der Waals surface area (Å²) in [7, 11) is 1.48. The van der Waals surface area contributed by atoms with E-state index < -0.39 is 12.1 Å². The van der Waals surface area contributed by atoms with E-state index in [1.807, 2.05) is 0 Å². The first-order valence-corrected chi connectivity index (χ1v) is 3.76. The normalized spacial score (nSPS) is 24.8. The first kappa shape index (κ1) is 9.06. The van der Waals surface area contributed by atoms with Gasteiger partial charge < -0.3 is 14.6 Å². The number of rotatable bonds is 3. The topological polar surface area (TPSA) is 55.8 Å². The zero-order valence-electron chi connectivity index (χ0n) is 7.11. The standard InChI is InChI=1S/C8H12O4/c1-5(4-9)8-6(11-2)3-7(10)12-8/h3,5,8-9H,4H2,1-2H3/t5-,8-/m0/s1. The van der Waals surface area contributed by atoms with Crippen molar-refractivity contribution in [2.45, 2.75) is 13.0 Å². The largest absolute Gasteiger partial charge is 0.497 e. The zero-order chi connectivity index (χ0) is 9.14. The second-order valence-electron chi connectivity index (χ2n) is 2.77. The average molecular weight is 172 g/mol. The van der Waals surface area contributed by atoms with Crippen LogP contribution in [-0.2, 0) is 14.3 Å². The third kappa shape index (κ3) is 1.58. The van der Waals surface area contributed by atoms with Crippen LogP contribution in [0.1, 0.15) is 6.92 Å². The number of cyclic esters (lactones) is 1. The van der Waals surface area contributed by atoms with Crippen LogP contribution in [0.3, 0.4) is 0 Å². The molecule has 0 radical (unpaired) electrons. The Hall–Kier alpha value is -1.03. The highest BCUT2D eigenvalue weighted by Gasteiger charge is 2.31. The molecule has 0 unspecified atom stereocenters. The Morgan fingerprint density at radius 2 is 2.50 bits per heavy atom. The van der Waals surface area contributed by atoms with Crippen molar-refractivity contribution in [3.8, 4) is 0 Å². The molecular weight excluding hydrogens is 160 g/mol. The average Bonchev–Trinajstić information content (AvgIpc) is 2.45. The van der Waals surface area contributed by atoms with E-state index >= 15 is 0 Å². The monoisotopic (exact) mass is 172 g/mol. The third-order valence-electron chi connectivity index (χ3n) is 1.82. The quantitative estimate of drug-likeness (QED) is 0.612. The van der Waals surface area contributed by atoms with E-state index in [4.69, 9.17) is 14.6 Å². The molecule has 0 saturated carbocycles. The van der Waals surface area contributed by atoms with Gasteiger partial charge in [0.1, 0.15) is 5.76 Å². The van der Waals surface area contributed by atoms with Gasteiger partial charge in [0.2, 0.25) is 0 Å². The van der Waals surface area contributed by atoms with E-state index in [9.17, 15) is 4.79 Å². The van der Waals surface area contributed by atoms with Crippen LogP contribution in [0.4, 0.5) is 0 Å². The Kier molecular flexibility index (Phi) is 2.70. The minimum atomic E-state index is -0.424. The zero-order valence-corrected chi connectivity index (χ0v) is 7.11. The summed E-state index contributed by atoms with van der Waals surface area (Å²) in [5.41, 5.74) is 0. The van der Waals surface area contributed by atoms with Gasteiger partial charge in [0.05, 0.1) is 13.2 Å². The molecule has 0 bridgehead atoms. The number of hydrogen-bond donors (Lipinski definition) is 1. The molecule has 68 valence electrons. The first-order chi connectivity index (χ1) is 5.69. The molecule has 0 saturated heterocycles. The van der Waals surface area contributed by atoms with Crippen LogP contribution < -0.4 is 0 Å². The second kappa shape index (κ2) is 3.58. The summed E-state index contributed by atoms with van der Waals surface area (Å²) >= 11 is 0. The molecule has 2 atom stereocenters. The van der Waals surface area contributed by atoms with Crippen molar-refractivity contribution in [2.75, 3.05) is 13.7 Å². The first-order valence-electron chi connectivity index (χ1n) is 3.76. The third-order valence-corrected chi connectivity index (χ3v) is 1.82. The molecular formula is C8H12O4. The predicted octanol–water partition coefficient (Wildman–Crippen LogP) is 0.0705. The van der Waals surface area contributed by atoms with E-state index in [1.165, 1.54) is 13.2 Å². The van der Waals surface area contributed by atoms with Crippen LogP contribution in [0.15, 0.2) is 11.8 Å². The number of esters is 1. The fourth-order valence-corrected chi connectivity index (χ4v) is 1.08. The summed E-state index contributed by atoms with van der Waals surface area (Å²) < 4.78 is 9.82. The van der Waals surface area contributed by atoms with Gasteiger partial charge in [-0.05, 0) is 0 Å². The van der Waals surface area contributed by atoms with Crippen molar-refractivity contribution < 1.29 is 19.4 Å². The number of carbonyl (C=O) groups excluding carboxylic acids is 1. The molecule has 1 rings (SSSR count). The lowest BCUT2D eigenvalue weighted by Crippen LogP contribution is -2.24. The van der Waals surface area contributed by atoms with E-state index in [0.29, 0.717) is 5.76 Å². The van der Waals surface area contributed by atoms with Gasteiger partial charge in [0.25, 0.3) is 0 Å². The molecule has 1 heterocycles. The van der Waals surface area contributed by atoms with E-state index in [1.54, 1.807) is 6.92 Å². The van der Waals surface area contributed by atoms with Crippen molar-refractivity contribution in [3.05, 3.63) is 11.8 Å². The summed E-state index contributed by atoms with van der Waals surface area (Å²) in [6.45, 7) is 1.76. The molecule has 1 aliphatic heterocycles. The van der Waals surface area contributed by atoms with Gasteiger partial charge in [-0.1, -0.05) is 6.92 Å². The van der Waals surface area contributed by atoms with Crippen molar-refractivity contribution in [3.63, 3.8) is 0 Å². The second-order valence-corrected chi connectivity index (χ2v) is 2.77. The fraction of sp³-hybridized carbons (Fsp3) is 0.625. The minimum absolute atomic E-state index is 0.0291. The van der Waals surface area contributed by atoms with Gasteiger partial charge in [0.15, 0.2) is 6.10 Å². The van der Waals surface area contributed by atoms with Crippen LogP contribution in [0, 0.1) is 5.92 Å². The maximum absolute atomic E-state index is 10.8. The van der Waals surface area contributed by atoms with Gasteiger partial charge in [-0.15, -0.1) is 0 Å². The van der Waals surface area contributed by atoms with Crippen LogP contribution in [0.5, 0.6) is 0 Å². The van der Waals surface area contributed by atoms with Gasteiger partial charge >= 0.3 is 5.97 Å². The summed E-state index contributed by atoms with van der Waals surface area (Å²) in [5, 5.41) is 8.82. The minimum Gasteiger partial charge on any atom is -0.497 e. The smallest absolute Gasteiger partial charge is 0.335 e. The van der Waals surface area contributed by atoms with E-state index in [2.05, 4.69) is 0 Å². The lowest BCUT2D eigenvalue weighted by molar-refractivity contribution is -0.141. The Morgan fingerprint density at radius 3 is 3.00 bits per heavy atom. The van der Waals surface area contributed by atoms with Crippen LogP contribution in [0.2, 0.25) is 0 Å². The summed E-state index contributed by atoms with van der Waals surface area (Å²) in [4.78, 5) is 10.8. The molecule has 0 amide bonds. The van der Waals surface area contributed by atoms with Crippen molar-refractivity contribution in [2.24, 2.45) is 5.92 Å². The van der Waals surface area contributed by atoms with Crippen LogP contribution in [0.25, 0.3) is 0 Å². The Bertz CT molecular complexity index is 209. The maximum Gasteiger partial charge on any atom is 0.335 e. The number of hydrogen-bond acceptors (Lipinski definition) is 4. The number of methoxy groups -OCH3 is 1. The van der Waals surface area contributed by atoms with Crippen LogP contribution >= 0.6 is 0 Å². The van der Waals surface area contributed by atoms with Crippen molar-refractivity contribution in [1.29, 1.82) is 0 Å². The highest BCUT2D eigenvalue weighted by Crippen LogP contribution is 2.22. The number of aliphatic hydroxyl groups excluding tert-OH is 1. The predicted molar refractivity (Wildman–Crippen MR) is 41.2 cm³/mol. The highest BCUT2D eigenvalue weighted by molar-refractivity contribution is 5.85. The van der Waals surface area contributed by atoms with Gasteiger partial charge in [-0.2, -0.15) is 0 Å².